The normalized spacial score (nSPS) is 16.4. The molecule has 1 heterocycles. The Balaban J connectivity index is 2.06. The Hall–Kier alpha value is -2.14. The Morgan fingerprint density at radius 2 is 2.23 bits per heavy atom. The lowest BCUT2D eigenvalue weighted by molar-refractivity contribution is 0.100. The molecule has 1 aromatic carbocycles. The number of primary amides is 1. The van der Waals surface area contributed by atoms with E-state index in [9.17, 15) is 9.18 Å². The highest BCUT2D eigenvalue weighted by atomic mass is 35.5. The number of nitrogens with one attached hydrogen (secondary N) is 1. The van der Waals surface area contributed by atoms with Crippen molar-refractivity contribution in [3.05, 3.63) is 57.5 Å². The third-order valence-corrected chi connectivity index (χ3v) is 4.25. The number of halogens is 2. The van der Waals surface area contributed by atoms with E-state index in [1.165, 1.54) is 6.07 Å². The second kappa shape index (κ2) is 5.57. The maximum Gasteiger partial charge on any atom is 0.252 e. The van der Waals surface area contributed by atoms with Gasteiger partial charge in [-0.1, -0.05) is 11.6 Å². The van der Waals surface area contributed by atoms with Crippen LogP contribution in [-0.4, -0.2) is 17.9 Å². The summed E-state index contributed by atoms with van der Waals surface area (Å²) >= 11 is 5.97. The molecule has 3 N–H and O–H groups in total. The van der Waals surface area contributed by atoms with E-state index in [2.05, 4.69) is 10.3 Å². The predicted molar refractivity (Wildman–Crippen MR) is 83.9 cm³/mol. The molecule has 0 saturated heterocycles. The monoisotopic (exact) mass is 319 g/mol. The first-order valence-corrected chi connectivity index (χ1v) is 7.35. The number of carbonyl (C=O) groups excluding carboxylic acids is 1. The molecule has 0 fully saturated rings. The maximum absolute atomic E-state index is 14.0. The van der Waals surface area contributed by atoms with E-state index < -0.39 is 5.91 Å². The molecule has 0 spiro atoms. The molecule has 0 unspecified atom stereocenters. The lowest BCUT2D eigenvalue weighted by Gasteiger charge is -2.14. The van der Waals surface area contributed by atoms with Crippen molar-refractivity contribution in [3.8, 4) is 0 Å². The zero-order chi connectivity index (χ0) is 15.9. The fourth-order valence-electron chi connectivity index (χ4n) is 3.01. The van der Waals surface area contributed by atoms with Gasteiger partial charge in [0.25, 0.3) is 5.91 Å². The molecule has 1 amide bonds. The zero-order valence-corrected chi connectivity index (χ0v) is 12.7. The quantitative estimate of drug-likeness (QED) is 0.913. The smallest absolute Gasteiger partial charge is 0.252 e. The van der Waals surface area contributed by atoms with Gasteiger partial charge in [-0.25, -0.2) is 9.37 Å². The van der Waals surface area contributed by atoms with Gasteiger partial charge < -0.3 is 11.1 Å². The van der Waals surface area contributed by atoms with Crippen LogP contribution in [0.2, 0.25) is 5.02 Å². The molecule has 6 heteroatoms. The Labute approximate surface area is 132 Å². The summed E-state index contributed by atoms with van der Waals surface area (Å²) in [7, 11) is 1.68. The molecule has 4 nitrogen and oxygen atoms in total. The molecule has 114 valence electrons. The Morgan fingerprint density at radius 3 is 2.91 bits per heavy atom. The number of aromatic nitrogens is 1. The minimum Gasteiger partial charge on any atom is -0.372 e. The van der Waals surface area contributed by atoms with Gasteiger partial charge >= 0.3 is 0 Å². The van der Waals surface area contributed by atoms with Crippen molar-refractivity contribution < 1.29 is 9.18 Å². The minimum atomic E-state index is -0.538. The number of hydrogen-bond donors (Lipinski definition) is 2. The number of rotatable bonds is 3. The van der Waals surface area contributed by atoms with Gasteiger partial charge in [0, 0.05) is 18.0 Å². The molecule has 0 saturated carbocycles. The predicted octanol–water partition coefficient (Wildman–Crippen LogP) is 3.09. The first-order valence-electron chi connectivity index (χ1n) is 6.97. The Kier molecular flexibility index (Phi) is 3.74. The SMILES string of the molecule is CNc1nc([C@@H]2CCc3c(F)cc(Cl)cc32)ccc1C(N)=O. The number of amides is 1. The van der Waals surface area contributed by atoms with Crippen molar-refractivity contribution in [3.63, 3.8) is 0 Å². The summed E-state index contributed by atoms with van der Waals surface area (Å²) in [5, 5.41) is 3.26. The second-order valence-corrected chi connectivity index (χ2v) is 5.73. The van der Waals surface area contributed by atoms with E-state index in [0.29, 0.717) is 28.4 Å². The summed E-state index contributed by atoms with van der Waals surface area (Å²) in [5.74, 6) is -0.407. The van der Waals surface area contributed by atoms with Crippen LogP contribution in [-0.2, 0) is 6.42 Å². The molecule has 1 atom stereocenters. The lowest BCUT2D eigenvalue weighted by Crippen LogP contribution is -2.15. The number of nitrogens with two attached hydrogens (primary N) is 1. The second-order valence-electron chi connectivity index (χ2n) is 5.29. The molecule has 0 bridgehead atoms. The van der Waals surface area contributed by atoms with Crippen molar-refractivity contribution in [2.45, 2.75) is 18.8 Å². The van der Waals surface area contributed by atoms with E-state index in [1.54, 1.807) is 25.2 Å². The first-order chi connectivity index (χ1) is 10.5. The summed E-state index contributed by atoms with van der Waals surface area (Å²) in [5.41, 5.74) is 7.99. The topological polar surface area (TPSA) is 68.0 Å². The van der Waals surface area contributed by atoms with Crippen LogP contribution in [0, 0.1) is 5.82 Å². The van der Waals surface area contributed by atoms with Crippen LogP contribution in [0.25, 0.3) is 0 Å². The van der Waals surface area contributed by atoms with Crippen LogP contribution in [0.5, 0.6) is 0 Å². The number of hydrogen-bond acceptors (Lipinski definition) is 3. The standard InChI is InChI=1S/C16H15ClFN3O/c1-20-16-11(15(19)22)4-5-14(21-16)10-3-2-9-12(10)6-8(17)7-13(9)18/h4-7,10H,2-3H2,1H3,(H2,19,22)(H,20,21)/t10-/m1/s1. The van der Waals surface area contributed by atoms with Crippen molar-refractivity contribution in [2.24, 2.45) is 5.73 Å². The molecular weight excluding hydrogens is 305 g/mol. The molecule has 1 aliphatic rings. The molecule has 0 radical (unpaired) electrons. The van der Waals surface area contributed by atoms with E-state index in [1.807, 2.05) is 0 Å². The summed E-state index contributed by atoms with van der Waals surface area (Å²) in [6.07, 6.45) is 1.41. The van der Waals surface area contributed by atoms with Gasteiger partial charge in [0.15, 0.2) is 0 Å². The van der Waals surface area contributed by atoms with Crippen LogP contribution in [0.15, 0.2) is 24.3 Å². The van der Waals surface area contributed by atoms with E-state index in [0.717, 1.165) is 17.7 Å². The van der Waals surface area contributed by atoms with Crippen LogP contribution in [0.1, 0.15) is 39.5 Å². The van der Waals surface area contributed by atoms with Crippen molar-refractivity contribution >= 4 is 23.3 Å². The van der Waals surface area contributed by atoms with Crippen molar-refractivity contribution in [1.29, 1.82) is 0 Å². The number of nitrogens with zero attached hydrogens (tertiary/aromatic N) is 1. The fourth-order valence-corrected chi connectivity index (χ4v) is 3.22. The average Bonchev–Trinajstić information content (AvgIpc) is 2.90. The van der Waals surface area contributed by atoms with Gasteiger partial charge in [-0.05, 0) is 48.2 Å². The molecule has 22 heavy (non-hydrogen) atoms. The van der Waals surface area contributed by atoms with Crippen molar-refractivity contribution in [2.75, 3.05) is 12.4 Å². The number of carbonyl (C=O) groups is 1. The maximum atomic E-state index is 14.0. The van der Waals surface area contributed by atoms with Gasteiger partial charge in [-0.3, -0.25) is 4.79 Å². The summed E-state index contributed by atoms with van der Waals surface area (Å²) in [6, 6.07) is 6.54. The largest absolute Gasteiger partial charge is 0.372 e. The Bertz CT molecular complexity index is 763. The van der Waals surface area contributed by atoms with Gasteiger partial charge in [0.2, 0.25) is 0 Å². The summed E-state index contributed by atoms with van der Waals surface area (Å²) in [4.78, 5) is 15.9. The molecule has 3 rings (SSSR count). The zero-order valence-electron chi connectivity index (χ0n) is 12.0. The van der Waals surface area contributed by atoms with E-state index in [-0.39, 0.29) is 11.7 Å². The van der Waals surface area contributed by atoms with Gasteiger partial charge in [-0.2, -0.15) is 0 Å². The van der Waals surface area contributed by atoms with Crippen LogP contribution in [0.4, 0.5) is 10.2 Å². The van der Waals surface area contributed by atoms with E-state index in [4.69, 9.17) is 17.3 Å². The van der Waals surface area contributed by atoms with Crippen LogP contribution < -0.4 is 11.1 Å². The summed E-state index contributed by atoms with van der Waals surface area (Å²) < 4.78 is 14.0. The van der Waals surface area contributed by atoms with Crippen LogP contribution >= 0.6 is 11.6 Å². The van der Waals surface area contributed by atoms with Gasteiger partial charge in [-0.15, -0.1) is 0 Å². The number of anilines is 1. The third kappa shape index (κ3) is 2.41. The third-order valence-electron chi connectivity index (χ3n) is 4.03. The molecule has 1 aromatic heterocycles. The minimum absolute atomic E-state index is 0.0303. The lowest BCUT2D eigenvalue weighted by atomic mass is 9.96. The van der Waals surface area contributed by atoms with Crippen LogP contribution in [0.3, 0.4) is 0 Å². The average molecular weight is 320 g/mol. The number of fused-ring (bicyclic) bond motifs is 1. The van der Waals surface area contributed by atoms with Gasteiger partial charge in [0.1, 0.15) is 11.6 Å². The molecular formula is C16H15ClFN3O. The van der Waals surface area contributed by atoms with Gasteiger partial charge in [0.05, 0.1) is 11.3 Å². The number of pyridine rings is 1. The highest BCUT2D eigenvalue weighted by Gasteiger charge is 2.28. The molecule has 0 aliphatic heterocycles. The molecule has 1 aliphatic carbocycles. The first kappa shape index (κ1) is 14.8. The fraction of sp³-hybridized carbons (Fsp3) is 0.250. The highest BCUT2D eigenvalue weighted by Crippen LogP contribution is 2.40. The molecule has 2 aromatic rings. The van der Waals surface area contributed by atoms with E-state index >= 15 is 0 Å². The Morgan fingerprint density at radius 1 is 1.45 bits per heavy atom. The number of benzene rings is 1. The van der Waals surface area contributed by atoms with Crippen molar-refractivity contribution in [1.82, 2.24) is 4.98 Å². The summed E-state index contributed by atoms with van der Waals surface area (Å²) in [6.45, 7) is 0. The highest BCUT2D eigenvalue weighted by molar-refractivity contribution is 6.30.